The quantitative estimate of drug-likeness (QED) is 0.186. The summed E-state index contributed by atoms with van der Waals surface area (Å²) in [5.41, 5.74) is 5.22. The second-order valence-corrected chi connectivity index (χ2v) is 9.51. The highest BCUT2D eigenvalue weighted by Gasteiger charge is 2.57. The molecule has 10 atom stereocenters. The van der Waals surface area contributed by atoms with Gasteiger partial charge in [-0.2, -0.15) is 0 Å². The number of amides is 1. The number of primary amides is 1. The molecule has 0 saturated carbocycles. The molecule has 2 aliphatic rings. The molecule has 248 valence electrons. The molecule has 2 heterocycles. The highest BCUT2D eigenvalue weighted by atomic mass is 16.8. The van der Waals surface area contributed by atoms with Gasteiger partial charge in [-0.3, -0.25) is 28.8 Å². The maximum absolute atomic E-state index is 12.1. The second kappa shape index (κ2) is 16.1. The molecule has 2 rings (SSSR count). The smallest absolute Gasteiger partial charge is 0.405 e. The van der Waals surface area contributed by atoms with Gasteiger partial charge in [-0.25, -0.2) is 4.79 Å². The zero-order chi connectivity index (χ0) is 33.3. The molecule has 0 aromatic heterocycles. The first kappa shape index (κ1) is 36.1. The van der Waals surface area contributed by atoms with Gasteiger partial charge in [-0.15, -0.1) is 0 Å². The lowest BCUT2D eigenvalue weighted by atomic mass is 9.96. The number of carbonyl (C=O) groups is 7. The first-order valence-electron chi connectivity index (χ1n) is 13.1. The Morgan fingerprint density at radius 3 is 1.34 bits per heavy atom. The summed E-state index contributed by atoms with van der Waals surface area (Å²) in [6.45, 7) is 5.00. The third-order valence-electron chi connectivity index (χ3n) is 5.85. The summed E-state index contributed by atoms with van der Waals surface area (Å²) in [7, 11) is 0. The van der Waals surface area contributed by atoms with Crippen molar-refractivity contribution in [3.63, 3.8) is 0 Å². The number of esters is 6. The first-order chi connectivity index (χ1) is 20.5. The summed E-state index contributed by atoms with van der Waals surface area (Å²) in [6, 6.07) is 0. The predicted octanol–water partition coefficient (Wildman–Crippen LogP) is -1.87. The van der Waals surface area contributed by atoms with E-state index >= 15 is 0 Å². The monoisotopic (exact) mass is 637 g/mol. The van der Waals surface area contributed by atoms with Crippen molar-refractivity contribution in [3.8, 4) is 0 Å². The summed E-state index contributed by atoms with van der Waals surface area (Å²) in [5, 5.41) is 10.9. The molecule has 0 unspecified atom stereocenters. The van der Waals surface area contributed by atoms with Crippen LogP contribution in [0.25, 0.3) is 0 Å². The van der Waals surface area contributed by atoms with E-state index in [0.29, 0.717) is 0 Å². The summed E-state index contributed by atoms with van der Waals surface area (Å²) < 4.78 is 53.4. The number of carbonyl (C=O) groups excluding carboxylic acids is 7. The van der Waals surface area contributed by atoms with Crippen molar-refractivity contribution in [2.24, 2.45) is 5.73 Å². The summed E-state index contributed by atoms with van der Waals surface area (Å²) in [5.74, 6) is -5.21. The van der Waals surface area contributed by atoms with Crippen LogP contribution in [-0.2, 0) is 76.1 Å². The van der Waals surface area contributed by atoms with Gasteiger partial charge < -0.3 is 58.2 Å². The molecule has 0 spiro atoms. The van der Waals surface area contributed by atoms with Gasteiger partial charge in [0.2, 0.25) is 0 Å². The lowest BCUT2D eigenvalue weighted by molar-refractivity contribution is -0.362. The van der Waals surface area contributed by atoms with E-state index in [2.05, 4.69) is 0 Å². The fourth-order valence-corrected chi connectivity index (χ4v) is 4.43. The van der Waals surface area contributed by atoms with Crippen LogP contribution in [0.4, 0.5) is 4.79 Å². The third kappa shape index (κ3) is 10.6. The van der Waals surface area contributed by atoms with Crippen molar-refractivity contribution in [2.75, 3.05) is 13.2 Å². The molecule has 0 aromatic rings. The number of hydrogen-bond acceptors (Lipinski definition) is 18. The molecule has 2 fully saturated rings. The Hall–Kier alpha value is -4.07. The highest BCUT2D eigenvalue weighted by Crippen LogP contribution is 2.34. The molecular weight excluding hydrogens is 602 g/mol. The van der Waals surface area contributed by atoms with E-state index in [1.807, 2.05) is 0 Å². The maximum atomic E-state index is 12.1. The number of hydrogen-bond donors (Lipinski definition) is 2. The molecule has 2 saturated heterocycles. The van der Waals surface area contributed by atoms with Crippen molar-refractivity contribution in [1.82, 2.24) is 0 Å². The van der Waals surface area contributed by atoms with E-state index in [9.17, 15) is 38.7 Å². The minimum absolute atomic E-state index is 0.548. The van der Waals surface area contributed by atoms with Crippen LogP contribution >= 0.6 is 0 Å². The van der Waals surface area contributed by atoms with Crippen molar-refractivity contribution >= 4 is 41.9 Å². The number of rotatable bonds is 11. The minimum Gasteiger partial charge on any atom is -0.463 e. The SMILES string of the molecule is CC(=O)OC[C@@H]1O[C@H](O)[C@@H](O[C@H]2O[C@H](COC(C)=O)[C@@H](OC(C)=O)[C@H](OC(N)=O)[C@@H]2OC(C)=O)[C@@H](OC(C)=O)[C@@H]1OC(C)=O. The van der Waals surface area contributed by atoms with Gasteiger partial charge in [0.25, 0.3) is 0 Å². The highest BCUT2D eigenvalue weighted by molar-refractivity contribution is 5.69. The number of aliphatic hydroxyl groups excluding tert-OH is 1. The zero-order valence-electron chi connectivity index (χ0n) is 24.7. The van der Waals surface area contributed by atoms with Crippen molar-refractivity contribution < 1.29 is 86.0 Å². The van der Waals surface area contributed by atoms with Crippen LogP contribution in [0.15, 0.2) is 0 Å². The Kier molecular flexibility index (Phi) is 13.2. The number of ether oxygens (including phenoxy) is 10. The van der Waals surface area contributed by atoms with Crippen molar-refractivity contribution in [1.29, 1.82) is 0 Å². The van der Waals surface area contributed by atoms with Crippen LogP contribution < -0.4 is 5.73 Å². The summed E-state index contributed by atoms with van der Waals surface area (Å²) >= 11 is 0. The molecule has 1 amide bonds. The lowest BCUT2D eigenvalue weighted by Gasteiger charge is -2.47. The Balaban J connectivity index is 2.59. The van der Waals surface area contributed by atoms with E-state index in [1.165, 1.54) is 0 Å². The average Bonchev–Trinajstić information content (AvgIpc) is 2.87. The molecule has 0 aliphatic carbocycles. The molecule has 0 radical (unpaired) electrons. The average molecular weight is 638 g/mol. The van der Waals surface area contributed by atoms with E-state index in [0.717, 1.165) is 41.5 Å². The molecule has 0 aromatic carbocycles. The Morgan fingerprint density at radius 2 is 0.932 bits per heavy atom. The molecular formula is C25H35NO18. The van der Waals surface area contributed by atoms with Crippen LogP contribution in [0, 0.1) is 0 Å². The predicted molar refractivity (Wildman–Crippen MR) is 134 cm³/mol. The normalized spacial score (nSPS) is 31.4. The van der Waals surface area contributed by atoms with E-state index < -0.39 is 117 Å². The maximum Gasteiger partial charge on any atom is 0.405 e. The molecule has 19 nitrogen and oxygen atoms in total. The Bertz CT molecular complexity index is 1090. The van der Waals surface area contributed by atoms with Gasteiger partial charge in [0.1, 0.15) is 25.4 Å². The first-order valence-corrected chi connectivity index (χ1v) is 13.1. The van der Waals surface area contributed by atoms with Gasteiger partial charge in [0.15, 0.2) is 49.2 Å². The molecule has 3 N–H and O–H groups in total. The molecule has 19 heteroatoms. The number of nitrogens with two attached hydrogens (primary N) is 1. The molecule has 2 aliphatic heterocycles. The van der Waals surface area contributed by atoms with Crippen molar-refractivity contribution in [3.05, 3.63) is 0 Å². The standard InChI is InChI=1S/C25H35NO18/c1-9(27)35-7-15-17(37-11(3)29)19(39-13(5)31)21(23(33)41-15)43-24-22(40-14(6)32)20(44-25(26)34)18(38-12(4)30)16(42-24)8-36-10(2)28/h15-24,33H,7-8H2,1-6H3,(H2,26,34)/t15-,16+,17+,18+,19-,20-,21-,22-,23-,24+/m0/s1. The van der Waals surface area contributed by atoms with Crippen LogP contribution in [0.3, 0.4) is 0 Å². The topological polar surface area (TPSA) is 258 Å². The van der Waals surface area contributed by atoms with Gasteiger partial charge in [0.05, 0.1) is 0 Å². The summed E-state index contributed by atoms with van der Waals surface area (Å²) in [6.07, 6.45) is -18.2. The third-order valence-corrected chi connectivity index (χ3v) is 5.85. The molecule has 44 heavy (non-hydrogen) atoms. The largest absolute Gasteiger partial charge is 0.463 e. The molecule has 0 bridgehead atoms. The van der Waals surface area contributed by atoms with Crippen LogP contribution in [0.2, 0.25) is 0 Å². The van der Waals surface area contributed by atoms with Gasteiger partial charge in [-0.05, 0) is 0 Å². The zero-order valence-corrected chi connectivity index (χ0v) is 24.7. The van der Waals surface area contributed by atoms with E-state index in [4.69, 9.17) is 53.1 Å². The van der Waals surface area contributed by atoms with E-state index in [-0.39, 0.29) is 0 Å². The van der Waals surface area contributed by atoms with Crippen molar-refractivity contribution in [2.45, 2.75) is 103 Å². The Labute approximate surface area is 250 Å². The minimum atomic E-state index is -2.01. The van der Waals surface area contributed by atoms with Gasteiger partial charge in [0, 0.05) is 41.5 Å². The Morgan fingerprint density at radius 1 is 0.545 bits per heavy atom. The summed E-state index contributed by atoms with van der Waals surface area (Å²) in [4.78, 5) is 82.9. The van der Waals surface area contributed by atoms with Crippen LogP contribution in [0.5, 0.6) is 0 Å². The lowest BCUT2D eigenvalue weighted by Crippen LogP contribution is -2.67. The fraction of sp³-hybridized carbons (Fsp3) is 0.720. The van der Waals surface area contributed by atoms with Gasteiger partial charge in [-0.1, -0.05) is 0 Å². The van der Waals surface area contributed by atoms with Crippen LogP contribution in [0.1, 0.15) is 41.5 Å². The van der Waals surface area contributed by atoms with E-state index in [1.54, 1.807) is 0 Å². The second-order valence-electron chi connectivity index (χ2n) is 9.51. The van der Waals surface area contributed by atoms with Crippen LogP contribution in [-0.4, -0.2) is 122 Å². The van der Waals surface area contributed by atoms with Gasteiger partial charge >= 0.3 is 41.9 Å². The number of aliphatic hydroxyl groups is 1. The fourth-order valence-electron chi connectivity index (χ4n) is 4.43.